The quantitative estimate of drug-likeness (QED) is 0.274. The number of ketones is 1. The van der Waals surface area contributed by atoms with Crippen LogP contribution in [-0.2, 0) is 9.22 Å². The number of hydrogen-bond donors (Lipinski definition) is 0. The highest BCUT2D eigenvalue weighted by molar-refractivity contribution is 9.10. The Morgan fingerprint density at radius 2 is 1.88 bits per heavy atom. The molecule has 88 valence electrons. The van der Waals surface area contributed by atoms with Crippen LogP contribution in [0.4, 0.5) is 0 Å². The highest BCUT2D eigenvalue weighted by Gasteiger charge is 2.24. The van der Waals surface area contributed by atoms with Crippen molar-refractivity contribution in [3.8, 4) is 0 Å². The van der Waals surface area contributed by atoms with E-state index in [4.69, 9.17) is 4.33 Å². The molecule has 0 bridgehead atoms. The topological polar surface area (TPSA) is 35.5 Å². The summed E-state index contributed by atoms with van der Waals surface area (Å²) >= 11 is 4.44. The SMILES string of the molecule is COOSc1ccc(C(=O)C(C)(C)Br)cc1. The molecule has 0 spiro atoms. The molecule has 0 saturated carbocycles. The van der Waals surface area contributed by atoms with E-state index in [9.17, 15) is 4.79 Å². The van der Waals surface area contributed by atoms with Crippen LogP contribution >= 0.6 is 28.0 Å². The summed E-state index contributed by atoms with van der Waals surface area (Å²) in [6.45, 7) is 3.65. The van der Waals surface area contributed by atoms with Gasteiger partial charge in [-0.3, -0.25) is 4.79 Å². The van der Waals surface area contributed by atoms with Crippen molar-refractivity contribution in [2.45, 2.75) is 23.1 Å². The molecule has 16 heavy (non-hydrogen) atoms. The Hall–Kier alpha value is -0.360. The molecule has 0 amide bonds. The predicted molar refractivity (Wildman–Crippen MR) is 67.7 cm³/mol. The third-order valence-electron chi connectivity index (χ3n) is 1.85. The van der Waals surface area contributed by atoms with Crippen LogP contribution in [0.25, 0.3) is 0 Å². The Labute approximate surface area is 108 Å². The van der Waals surface area contributed by atoms with Gasteiger partial charge < -0.3 is 0 Å². The Morgan fingerprint density at radius 1 is 1.31 bits per heavy atom. The molecule has 1 aromatic carbocycles. The van der Waals surface area contributed by atoms with Gasteiger partial charge in [0.1, 0.15) is 0 Å². The molecule has 0 atom stereocenters. The van der Waals surface area contributed by atoms with E-state index in [2.05, 4.69) is 20.8 Å². The van der Waals surface area contributed by atoms with Crippen LogP contribution in [0.3, 0.4) is 0 Å². The fourth-order valence-corrected chi connectivity index (χ4v) is 1.70. The first-order valence-electron chi connectivity index (χ1n) is 4.66. The van der Waals surface area contributed by atoms with Gasteiger partial charge in [-0.25, -0.2) is 4.89 Å². The van der Waals surface area contributed by atoms with Crippen LogP contribution < -0.4 is 0 Å². The van der Waals surface area contributed by atoms with E-state index in [-0.39, 0.29) is 5.78 Å². The van der Waals surface area contributed by atoms with Crippen LogP contribution in [0.2, 0.25) is 0 Å². The normalized spacial score (nSPS) is 11.5. The number of rotatable bonds is 5. The molecule has 0 saturated heterocycles. The number of Topliss-reactive ketones (excluding diaryl/α,β-unsaturated/α-hetero) is 1. The Kier molecular flexibility index (Phi) is 4.98. The maximum atomic E-state index is 11.9. The van der Waals surface area contributed by atoms with Crippen molar-refractivity contribution in [1.29, 1.82) is 0 Å². The van der Waals surface area contributed by atoms with Gasteiger partial charge >= 0.3 is 0 Å². The minimum absolute atomic E-state index is 0.0525. The van der Waals surface area contributed by atoms with Crippen LogP contribution in [0.1, 0.15) is 24.2 Å². The Morgan fingerprint density at radius 3 is 2.31 bits per heavy atom. The smallest absolute Gasteiger partial charge is 0.178 e. The zero-order valence-corrected chi connectivity index (χ0v) is 11.7. The van der Waals surface area contributed by atoms with E-state index in [0.717, 1.165) is 16.9 Å². The van der Waals surface area contributed by atoms with Gasteiger partial charge in [0.15, 0.2) is 5.78 Å². The molecule has 1 aromatic rings. The lowest BCUT2D eigenvalue weighted by Gasteiger charge is -2.14. The number of hydrogen-bond acceptors (Lipinski definition) is 4. The first-order valence-corrected chi connectivity index (χ1v) is 6.19. The fourth-order valence-electron chi connectivity index (χ4n) is 1.08. The van der Waals surface area contributed by atoms with E-state index < -0.39 is 4.32 Å². The molecule has 3 nitrogen and oxygen atoms in total. The zero-order chi connectivity index (χ0) is 12.2. The van der Waals surface area contributed by atoms with E-state index in [0.29, 0.717) is 5.56 Å². The Balaban J connectivity index is 2.75. The second-order valence-corrected chi connectivity index (χ2v) is 6.40. The monoisotopic (exact) mass is 304 g/mol. The van der Waals surface area contributed by atoms with Gasteiger partial charge in [-0.15, -0.1) is 0 Å². The number of carbonyl (C=O) groups excluding carboxylic acids is 1. The maximum absolute atomic E-state index is 11.9. The van der Waals surface area contributed by atoms with E-state index in [1.807, 2.05) is 26.0 Å². The molecule has 0 aliphatic heterocycles. The minimum atomic E-state index is -0.537. The summed E-state index contributed by atoms with van der Waals surface area (Å²) in [5.41, 5.74) is 0.670. The third-order valence-corrected chi connectivity index (χ3v) is 2.88. The van der Waals surface area contributed by atoms with Gasteiger partial charge in [0.25, 0.3) is 0 Å². The molecule has 0 radical (unpaired) electrons. The van der Waals surface area contributed by atoms with Gasteiger partial charge in [0.05, 0.1) is 23.5 Å². The average molecular weight is 305 g/mol. The molecule has 0 N–H and O–H groups in total. The van der Waals surface area contributed by atoms with Gasteiger partial charge in [-0.1, -0.05) is 28.1 Å². The van der Waals surface area contributed by atoms with Crippen molar-refractivity contribution in [3.05, 3.63) is 29.8 Å². The van der Waals surface area contributed by atoms with Crippen molar-refractivity contribution in [1.82, 2.24) is 0 Å². The van der Waals surface area contributed by atoms with Gasteiger partial charge in [0, 0.05) is 10.5 Å². The van der Waals surface area contributed by atoms with E-state index in [1.165, 1.54) is 7.11 Å². The molecular formula is C11H13BrO3S. The van der Waals surface area contributed by atoms with Crippen molar-refractivity contribution < 1.29 is 14.0 Å². The summed E-state index contributed by atoms with van der Waals surface area (Å²) in [6.07, 6.45) is 0. The lowest BCUT2D eigenvalue weighted by atomic mass is 10.0. The van der Waals surface area contributed by atoms with Crippen molar-refractivity contribution in [3.63, 3.8) is 0 Å². The zero-order valence-electron chi connectivity index (χ0n) is 9.32. The molecule has 5 heteroatoms. The van der Waals surface area contributed by atoms with Crippen molar-refractivity contribution >= 4 is 33.8 Å². The van der Waals surface area contributed by atoms with E-state index >= 15 is 0 Å². The lowest BCUT2D eigenvalue weighted by Crippen LogP contribution is -2.23. The molecule has 0 aliphatic carbocycles. The molecule has 0 heterocycles. The molecule has 0 unspecified atom stereocenters. The predicted octanol–water partition coefficient (Wildman–Crippen LogP) is 3.63. The van der Waals surface area contributed by atoms with Crippen LogP contribution in [0.15, 0.2) is 29.2 Å². The first kappa shape index (κ1) is 13.7. The molecule has 0 aromatic heterocycles. The summed E-state index contributed by atoms with van der Waals surface area (Å²) in [5.74, 6) is 0.0525. The second-order valence-electron chi connectivity index (χ2n) is 3.64. The average Bonchev–Trinajstić information content (AvgIpc) is 2.25. The highest BCUT2D eigenvalue weighted by Crippen LogP contribution is 2.24. The summed E-state index contributed by atoms with van der Waals surface area (Å²) in [4.78, 5) is 17.2. The largest absolute Gasteiger partial charge is 0.293 e. The number of halogens is 1. The number of alkyl halides is 1. The third kappa shape index (κ3) is 3.90. The molecule has 0 aliphatic rings. The minimum Gasteiger partial charge on any atom is -0.293 e. The van der Waals surface area contributed by atoms with Crippen LogP contribution in [0.5, 0.6) is 0 Å². The first-order chi connectivity index (χ1) is 7.45. The standard InChI is InChI=1S/C11H13BrO3S/c1-11(2,12)10(13)8-4-6-9(7-5-8)16-15-14-3/h4-7H,1-3H3. The van der Waals surface area contributed by atoms with Crippen molar-refractivity contribution in [2.75, 3.05) is 7.11 Å². The van der Waals surface area contributed by atoms with E-state index in [1.54, 1.807) is 12.1 Å². The summed E-state index contributed by atoms with van der Waals surface area (Å²) in [5, 5.41) is 0. The summed E-state index contributed by atoms with van der Waals surface area (Å²) < 4.78 is 4.17. The molecular weight excluding hydrogens is 292 g/mol. The molecule has 1 rings (SSSR count). The van der Waals surface area contributed by atoms with Gasteiger partial charge in [-0.2, -0.15) is 4.33 Å². The maximum Gasteiger partial charge on any atom is 0.178 e. The second kappa shape index (κ2) is 5.82. The van der Waals surface area contributed by atoms with Crippen LogP contribution in [-0.4, -0.2) is 17.2 Å². The lowest BCUT2D eigenvalue weighted by molar-refractivity contribution is -0.160. The highest BCUT2D eigenvalue weighted by atomic mass is 79.9. The number of carbonyl (C=O) groups is 1. The molecule has 0 fully saturated rings. The fraction of sp³-hybridized carbons (Fsp3) is 0.364. The van der Waals surface area contributed by atoms with Gasteiger partial charge in [-0.05, 0) is 26.0 Å². The summed E-state index contributed by atoms with van der Waals surface area (Å²) in [7, 11) is 1.44. The summed E-state index contributed by atoms with van der Waals surface area (Å²) in [6, 6.07) is 7.17. The Bertz CT molecular complexity index is 356. The van der Waals surface area contributed by atoms with Gasteiger partial charge in [0.2, 0.25) is 0 Å². The van der Waals surface area contributed by atoms with Crippen molar-refractivity contribution in [2.24, 2.45) is 0 Å². The number of benzene rings is 1. The van der Waals surface area contributed by atoms with Crippen LogP contribution in [0, 0.1) is 0 Å².